The summed E-state index contributed by atoms with van der Waals surface area (Å²) in [7, 11) is 0. The number of nitrogens with one attached hydrogen (secondary N) is 1. The standard InChI is InChI=1S/C27H34N2O3/c1-3-5-7-9-19-31-24-15-13-22(14-16-24)27(30)32-25-17-11-21(12-18-25)26-20-23(28-29-26)10-8-6-4-2/h11-18,20H,3-10,19H2,1-2H3,(H,28,29). The van der Waals surface area contributed by atoms with Crippen molar-refractivity contribution in [1.82, 2.24) is 10.2 Å². The number of carbonyl (C=O) groups is 1. The lowest BCUT2D eigenvalue weighted by Crippen LogP contribution is -2.08. The highest BCUT2D eigenvalue weighted by molar-refractivity contribution is 5.91. The molecule has 170 valence electrons. The maximum atomic E-state index is 12.5. The summed E-state index contributed by atoms with van der Waals surface area (Å²) in [5.41, 5.74) is 3.54. The van der Waals surface area contributed by atoms with Crippen molar-refractivity contribution in [2.45, 2.75) is 65.2 Å². The number of nitrogens with zero attached hydrogens (tertiary/aromatic N) is 1. The van der Waals surface area contributed by atoms with E-state index in [2.05, 4.69) is 30.1 Å². The Balaban J connectivity index is 1.50. The second kappa shape index (κ2) is 12.7. The number of rotatable bonds is 13. The molecular weight excluding hydrogens is 400 g/mol. The minimum absolute atomic E-state index is 0.384. The third-order valence-electron chi connectivity index (χ3n) is 5.40. The Labute approximate surface area is 191 Å². The van der Waals surface area contributed by atoms with Crippen LogP contribution < -0.4 is 9.47 Å². The van der Waals surface area contributed by atoms with Crippen molar-refractivity contribution in [2.75, 3.05) is 6.61 Å². The first-order valence-electron chi connectivity index (χ1n) is 11.8. The molecule has 0 unspecified atom stereocenters. The summed E-state index contributed by atoms with van der Waals surface area (Å²) in [6, 6.07) is 16.6. The summed E-state index contributed by atoms with van der Waals surface area (Å²) < 4.78 is 11.2. The molecule has 0 aliphatic heterocycles. The van der Waals surface area contributed by atoms with Crippen LogP contribution in [0.4, 0.5) is 0 Å². The number of unbranched alkanes of at least 4 members (excludes halogenated alkanes) is 5. The van der Waals surface area contributed by atoms with E-state index in [1.54, 1.807) is 24.3 Å². The van der Waals surface area contributed by atoms with Crippen LogP contribution in [0.25, 0.3) is 11.3 Å². The quantitative estimate of drug-likeness (QED) is 0.179. The largest absolute Gasteiger partial charge is 0.494 e. The van der Waals surface area contributed by atoms with Gasteiger partial charge < -0.3 is 9.47 Å². The van der Waals surface area contributed by atoms with Gasteiger partial charge in [0.15, 0.2) is 0 Å². The van der Waals surface area contributed by atoms with Crippen LogP contribution in [0.1, 0.15) is 74.8 Å². The minimum Gasteiger partial charge on any atom is -0.494 e. The van der Waals surface area contributed by atoms with Crippen LogP contribution in [0.2, 0.25) is 0 Å². The highest BCUT2D eigenvalue weighted by Gasteiger charge is 2.10. The lowest BCUT2D eigenvalue weighted by molar-refractivity contribution is 0.0734. The van der Waals surface area contributed by atoms with Gasteiger partial charge >= 0.3 is 5.97 Å². The predicted octanol–water partition coefficient (Wildman–Crippen LogP) is 6.99. The van der Waals surface area contributed by atoms with Crippen LogP contribution >= 0.6 is 0 Å². The molecule has 0 amide bonds. The Hall–Kier alpha value is -3.08. The summed E-state index contributed by atoms with van der Waals surface area (Å²) in [4.78, 5) is 12.5. The molecule has 2 aromatic carbocycles. The van der Waals surface area contributed by atoms with Crippen molar-refractivity contribution in [1.29, 1.82) is 0 Å². The molecule has 3 aromatic rings. The normalized spacial score (nSPS) is 10.8. The first-order valence-corrected chi connectivity index (χ1v) is 11.8. The second-order valence-electron chi connectivity index (χ2n) is 8.08. The van der Waals surface area contributed by atoms with Crippen LogP contribution in [-0.2, 0) is 6.42 Å². The number of esters is 1. The minimum atomic E-state index is -0.384. The van der Waals surface area contributed by atoms with Gasteiger partial charge in [0, 0.05) is 11.3 Å². The predicted molar refractivity (Wildman–Crippen MR) is 128 cm³/mol. The molecule has 0 aliphatic carbocycles. The van der Waals surface area contributed by atoms with Crippen molar-refractivity contribution < 1.29 is 14.3 Å². The molecular formula is C27H34N2O3. The Morgan fingerprint density at radius 3 is 2.25 bits per heavy atom. The molecule has 0 fully saturated rings. The molecule has 3 rings (SSSR count). The van der Waals surface area contributed by atoms with Crippen molar-refractivity contribution in [2.24, 2.45) is 0 Å². The fraction of sp³-hybridized carbons (Fsp3) is 0.407. The first kappa shape index (κ1) is 23.6. The van der Waals surface area contributed by atoms with Crippen LogP contribution in [0, 0.1) is 0 Å². The number of benzene rings is 2. The number of aromatic amines is 1. The van der Waals surface area contributed by atoms with E-state index in [9.17, 15) is 4.79 Å². The maximum absolute atomic E-state index is 12.5. The second-order valence-corrected chi connectivity index (χ2v) is 8.08. The van der Waals surface area contributed by atoms with Crippen LogP contribution in [0.3, 0.4) is 0 Å². The van der Waals surface area contributed by atoms with Gasteiger partial charge in [-0.2, -0.15) is 5.10 Å². The van der Waals surface area contributed by atoms with Gasteiger partial charge in [0.25, 0.3) is 0 Å². The molecule has 0 spiro atoms. The topological polar surface area (TPSA) is 64.2 Å². The van der Waals surface area contributed by atoms with Gasteiger partial charge in [-0.05, 0) is 73.9 Å². The highest BCUT2D eigenvalue weighted by atomic mass is 16.5. The molecule has 0 bridgehead atoms. The molecule has 0 radical (unpaired) electrons. The van der Waals surface area contributed by atoms with Gasteiger partial charge in [-0.3, -0.25) is 5.10 Å². The molecule has 0 saturated heterocycles. The molecule has 0 aliphatic rings. The van der Waals surface area contributed by atoms with E-state index in [1.807, 2.05) is 24.3 Å². The summed E-state index contributed by atoms with van der Waals surface area (Å²) >= 11 is 0. The molecule has 5 nitrogen and oxygen atoms in total. The van der Waals surface area contributed by atoms with Crippen LogP contribution in [0.5, 0.6) is 11.5 Å². The number of aryl methyl sites for hydroxylation is 1. The van der Waals surface area contributed by atoms with Gasteiger partial charge in [0.05, 0.1) is 17.9 Å². The average Bonchev–Trinajstić information content (AvgIpc) is 3.29. The van der Waals surface area contributed by atoms with E-state index in [4.69, 9.17) is 9.47 Å². The molecule has 0 atom stereocenters. The monoisotopic (exact) mass is 434 g/mol. The van der Waals surface area contributed by atoms with Crippen molar-refractivity contribution in [3.63, 3.8) is 0 Å². The summed E-state index contributed by atoms with van der Waals surface area (Å²) in [6.45, 7) is 5.09. The van der Waals surface area contributed by atoms with E-state index in [1.165, 1.54) is 38.5 Å². The maximum Gasteiger partial charge on any atom is 0.343 e. The molecule has 1 N–H and O–H groups in total. The first-order chi connectivity index (χ1) is 15.7. The van der Waals surface area contributed by atoms with E-state index in [-0.39, 0.29) is 5.97 Å². The van der Waals surface area contributed by atoms with E-state index in [0.717, 1.165) is 35.5 Å². The lowest BCUT2D eigenvalue weighted by atomic mass is 10.1. The zero-order chi connectivity index (χ0) is 22.6. The van der Waals surface area contributed by atoms with Crippen LogP contribution in [-0.4, -0.2) is 22.8 Å². The van der Waals surface area contributed by atoms with Gasteiger partial charge in [0.2, 0.25) is 0 Å². The molecule has 1 heterocycles. The van der Waals surface area contributed by atoms with E-state index >= 15 is 0 Å². The van der Waals surface area contributed by atoms with Gasteiger partial charge in [-0.15, -0.1) is 0 Å². The lowest BCUT2D eigenvalue weighted by Gasteiger charge is -2.08. The Morgan fingerprint density at radius 2 is 1.53 bits per heavy atom. The van der Waals surface area contributed by atoms with Crippen molar-refractivity contribution in [3.05, 3.63) is 65.9 Å². The number of ether oxygens (including phenoxy) is 2. The summed E-state index contributed by atoms with van der Waals surface area (Å²) in [5.74, 6) is 0.898. The molecule has 1 aromatic heterocycles. The number of H-pyrrole nitrogens is 1. The van der Waals surface area contributed by atoms with E-state index in [0.29, 0.717) is 17.9 Å². The molecule has 0 saturated carbocycles. The zero-order valence-electron chi connectivity index (χ0n) is 19.2. The van der Waals surface area contributed by atoms with Gasteiger partial charge in [0.1, 0.15) is 11.5 Å². The average molecular weight is 435 g/mol. The smallest absolute Gasteiger partial charge is 0.343 e. The number of hydrogen-bond donors (Lipinski definition) is 1. The van der Waals surface area contributed by atoms with E-state index < -0.39 is 0 Å². The Morgan fingerprint density at radius 1 is 0.844 bits per heavy atom. The number of aromatic nitrogens is 2. The fourth-order valence-electron chi connectivity index (χ4n) is 3.47. The highest BCUT2D eigenvalue weighted by Crippen LogP contribution is 2.23. The van der Waals surface area contributed by atoms with Gasteiger partial charge in [-0.1, -0.05) is 46.0 Å². The molecule has 32 heavy (non-hydrogen) atoms. The summed E-state index contributed by atoms with van der Waals surface area (Å²) in [5, 5.41) is 7.51. The van der Waals surface area contributed by atoms with Crippen LogP contribution in [0.15, 0.2) is 54.6 Å². The third kappa shape index (κ3) is 7.26. The fourth-order valence-corrected chi connectivity index (χ4v) is 3.47. The summed E-state index contributed by atoms with van der Waals surface area (Å²) in [6.07, 6.45) is 9.28. The molecule has 5 heteroatoms. The number of carbonyl (C=O) groups excluding carboxylic acids is 1. The third-order valence-corrected chi connectivity index (χ3v) is 5.40. The van der Waals surface area contributed by atoms with Crippen molar-refractivity contribution >= 4 is 5.97 Å². The Bertz CT molecular complexity index is 946. The van der Waals surface area contributed by atoms with Crippen molar-refractivity contribution in [3.8, 4) is 22.8 Å². The SMILES string of the molecule is CCCCCCOc1ccc(C(=O)Oc2ccc(-c3cc(CCCCC)[nH]n3)cc2)cc1. The number of hydrogen-bond acceptors (Lipinski definition) is 4. The van der Waals surface area contributed by atoms with Gasteiger partial charge in [-0.25, -0.2) is 4.79 Å². The Kier molecular flexibility index (Phi) is 9.36. The zero-order valence-corrected chi connectivity index (χ0v) is 19.2.